The van der Waals surface area contributed by atoms with Gasteiger partial charge in [0.1, 0.15) is 0 Å². The average Bonchev–Trinajstić information content (AvgIpc) is 3.30. The number of phenolic OH excluding ortho intramolecular Hbond substituents is 1. The minimum atomic E-state index is -0.693. The topological polar surface area (TPSA) is 113 Å². The van der Waals surface area contributed by atoms with E-state index in [1.54, 1.807) is 24.3 Å². The van der Waals surface area contributed by atoms with Crippen molar-refractivity contribution in [1.29, 1.82) is 0 Å². The van der Waals surface area contributed by atoms with Crippen LogP contribution in [0.2, 0.25) is 0 Å². The number of ketones is 2. The van der Waals surface area contributed by atoms with Crippen molar-refractivity contribution in [3.8, 4) is 11.5 Å². The number of benzene rings is 3. The fourth-order valence-electron chi connectivity index (χ4n) is 7.14. The molecule has 10 heteroatoms. The number of halogens is 2. The summed E-state index contributed by atoms with van der Waals surface area (Å²) in [6, 6.07) is 20.3. The molecule has 2 amide bonds. The molecule has 0 spiro atoms. The van der Waals surface area contributed by atoms with E-state index in [4.69, 9.17) is 4.74 Å². The molecule has 1 aliphatic heterocycles. The lowest BCUT2D eigenvalue weighted by Gasteiger charge is -2.42. The Morgan fingerprint density at radius 3 is 2.38 bits per heavy atom. The number of amides is 2. The third-order valence-corrected chi connectivity index (χ3v) is 10.5. The van der Waals surface area contributed by atoms with E-state index in [0.29, 0.717) is 32.4 Å². The third kappa shape index (κ3) is 4.85. The monoisotopic (exact) mass is 776 g/mol. The highest BCUT2D eigenvalue weighted by atomic mass is 127. The summed E-state index contributed by atoms with van der Waals surface area (Å²) in [5.74, 6) is -3.34. The highest BCUT2D eigenvalue weighted by Gasteiger charge is 2.56. The molecule has 226 valence electrons. The number of nitrogens with zero attached hydrogens (tertiary/aromatic N) is 1. The lowest BCUT2D eigenvalue weighted by atomic mass is 9.59. The molecule has 0 aromatic heterocycles. The molecule has 1 heterocycles. The van der Waals surface area contributed by atoms with Crippen molar-refractivity contribution >= 4 is 79.0 Å². The van der Waals surface area contributed by atoms with E-state index in [1.165, 1.54) is 18.1 Å². The molecule has 4 aliphatic rings. The SMILES string of the molecule is COc1cc(C2C3=CCC4C(=O)N(c5ccc(Nc6ccccc6)cc5)C(=O)C4C3CC3=C2C(=O)C=C(Br)C3=O)cc(I)c1O. The van der Waals surface area contributed by atoms with E-state index in [9.17, 15) is 24.3 Å². The zero-order chi connectivity index (χ0) is 31.6. The Hall–Kier alpha value is -4.03. The van der Waals surface area contributed by atoms with Gasteiger partial charge in [-0.15, -0.1) is 0 Å². The highest BCUT2D eigenvalue weighted by molar-refractivity contribution is 14.1. The van der Waals surface area contributed by atoms with Crippen LogP contribution in [0.5, 0.6) is 11.5 Å². The number of carbonyl (C=O) groups is 4. The summed E-state index contributed by atoms with van der Waals surface area (Å²) in [5.41, 5.74) is 4.43. The van der Waals surface area contributed by atoms with Gasteiger partial charge < -0.3 is 15.2 Å². The van der Waals surface area contributed by atoms with E-state index >= 15 is 0 Å². The Balaban J connectivity index is 1.27. The lowest BCUT2D eigenvalue weighted by Crippen LogP contribution is -2.39. The molecule has 0 saturated carbocycles. The van der Waals surface area contributed by atoms with Crippen molar-refractivity contribution in [1.82, 2.24) is 0 Å². The maximum atomic E-state index is 14.2. The van der Waals surface area contributed by atoms with Gasteiger partial charge in [0.2, 0.25) is 11.8 Å². The van der Waals surface area contributed by atoms with Crippen molar-refractivity contribution in [3.05, 3.63) is 109 Å². The third-order valence-electron chi connectivity index (χ3n) is 9.12. The van der Waals surface area contributed by atoms with Gasteiger partial charge in [-0.3, -0.25) is 24.1 Å². The Bertz CT molecular complexity index is 1900. The van der Waals surface area contributed by atoms with Crippen molar-refractivity contribution in [3.63, 3.8) is 0 Å². The second kappa shape index (κ2) is 11.4. The molecule has 3 aromatic rings. The van der Waals surface area contributed by atoms with Gasteiger partial charge in [-0.2, -0.15) is 0 Å². The maximum absolute atomic E-state index is 14.2. The molecule has 1 saturated heterocycles. The van der Waals surface area contributed by atoms with Gasteiger partial charge in [0, 0.05) is 34.5 Å². The minimum absolute atomic E-state index is 0.0213. The second-order valence-corrected chi connectivity index (χ2v) is 13.5. The molecule has 8 nitrogen and oxygen atoms in total. The van der Waals surface area contributed by atoms with Crippen molar-refractivity contribution < 1.29 is 29.0 Å². The van der Waals surface area contributed by atoms with Gasteiger partial charge in [0.25, 0.3) is 0 Å². The first-order valence-corrected chi connectivity index (χ1v) is 16.3. The van der Waals surface area contributed by atoms with Crippen LogP contribution in [-0.4, -0.2) is 35.6 Å². The highest BCUT2D eigenvalue weighted by Crippen LogP contribution is 2.56. The summed E-state index contributed by atoms with van der Waals surface area (Å²) < 4.78 is 6.12. The predicted molar refractivity (Wildman–Crippen MR) is 181 cm³/mol. The Morgan fingerprint density at radius 1 is 0.956 bits per heavy atom. The van der Waals surface area contributed by atoms with Gasteiger partial charge in [-0.1, -0.05) is 29.8 Å². The van der Waals surface area contributed by atoms with Crippen LogP contribution in [0.15, 0.2) is 100 Å². The Morgan fingerprint density at radius 2 is 1.67 bits per heavy atom. The molecule has 3 aliphatic carbocycles. The van der Waals surface area contributed by atoms with Crippen molar-refractivity contribution in [2.24, 2.45) is 17.8 Å². The molecule has 4 atom stereocenters. The molecule has 45 heavy (non-hydrogen) atoms. The quantitative estimate of drug-likeness (QED) is 0.128. The molecule has 0 bridgehead atoms. The molecule has 4 unspecified atom stereocenters. The van der Waals surface area contributed by atoms with Crippen molar-refractivity contribution in [2.45, 2.75) is 18.8 Å². The summed E-state index contributed by atoms with van der Waals surface area (Å²) in [6.45, 7) is 0. The Kier molecular flexibility index (Phi) is 7.52. The predicted octanol–water partition coefficient (Wildman–Crippen LogP) is 6.72. The number of methoxy groups -OCH3 is 1. The smallest absolute Gasteiger partial charge is 0.238 e. The molecular weight excluding hydrogens is 751 g/mol. The molecule has 3 aromatic carbocycles. The first kappa shape index (κ1) is 29.7. The number of hydrogen-bond donors (Lipinski definition) is 2. The number of para-hydroxylation sites is 1. The largest absolute Gasteiger partial charge is 0.504 e. The van der Waals surface area contributed by atoms with Crippen LogP contribution < -0.4 is 15.0 Å². The van der Waals surface area contributed by atoms with Crippen LogP contribution in [-0.2, 0) is 19.2 Å². The van der Waals surface area contributed by atoms with Crippen LogP contribution in [0.4, 0.5) is 17.1 Å². The lowest BCUT2D eigenvalue weighted by molar-refractivity contribution is -0.123. The number of Topliss-reactive ketones (excluding diaryl/α,β-unsaturated/α-hetero) is 1. The van der Waals surface area contributed by atoms with Gasteiger partial charge >= 0.3 is 0 Å². The Labute approximate surface area is 281 Å². The molecule has 7 rings (SSSR count). The minimum Gasteiger partial charge on any atom is -0.504 e. The number of imide groups is 1. The standard InChI is InChI=1S/C35H26BrIN2O6/c1-45-28-14-17(13-26(37)33(28)42)29-21-11-12-22-30(23(21)15-24-31(29)27(40)16-25(36)32(24)41)35(44)39(34(22)43)20-9-7-19(8-10-20)38-18-5-3-2-4-6-18/h2-11,13-14,16,22-23,29-30,38,42H,12,15H2,1H3. The fraction of sp³-hybridized carbons (Fsp3) is 0.200. The first-order valence-electron chi connectivity index (χ1n) is 14.4. The van der Waals surface area contributed by atoms with E-state index in [1.807, 2.05) is 71.1 Å². The number of carbonyl (C=O) groups excluding carboxylic acids is 4. The van der Waals surface area contributed by atoms with Crippen LogP contribution >= 0.6 is 38.5 Å². The fourth-order valence-corrected chi connectivity index (χ4v) is 8.21. The van der Waals surface area contributed by atoms with Gasteiger partial charge in [0.05, 0.1) is 32.7 Å². The van der Waals surface area contributed by atoms with Crippen LogP contribution in [0.25, 0.3) is 0 Å². The summed E-state index contributed by atoms with van der Waals surface area (Å²) in [7, 11) is 1.45. The van der Waals surface area contributed by atoms with E-state index in [0.717, 1.165) is 16.9 Å². The number of allylic oxidation sites excluding steroid dienone is 6. The zero-order valence-electron chi connectivity index (χ0n) is 23.9. The number of hydrogen-bond acceptors (Lipinski definition) is 7. The number of fused-ring (bicyclic) bond motifs is 3. The summed E-state index contributed by atoms with van der Waals surface area (Å²) in [6.07, 6.45) is 3.77. The first-order chi connectivity index (χ1) is 21.7. The number of ether oxygens (including phenoxy) is 1. The van der Waals surface area contributed by atoms with Crippen molar-refractivity contribution in [2.75, 3.05) is 17.3 Å². The normalized spacial score (nSPS) is 24.1. The maximum Gasteiger partial charge on any atom is 0.238 e. The molecule has 0 radical (unpaired) electrons. The summed E-state index contributed by atoms with van der Waals surface area (Å²) >= 11 is 5.27. The number of anilines is 3. The van der Waals surface area contributed by atoms with Gasteiger partial charge in [-0.25, -0.2) is 0 Å². The summed E-state index contributed by atoms with van der Waals surface area (Å²) in [5, 5.41) is 13.9. The van der Waals surface area contributed by atoms with Crippen LogP contribution in [0.1, 0.15) is 24.3 Å². The van der Waals surface area contributed by atoms with E-state index in [-0.39, 0.29) is 45.8 Å². The second-order valence-electron chi connectivity index (χ2n) is 11.5. The molecule has 2 N–H and O–H groups in total. The number of aromatic hydroxyl groups is 1. The van der Waals surface area contributed by atoms with E-state index in [2.05, 4.69) is 21.2 Å². The van der Waals surface area contributed by atoms with E-state index < -0.39 is 23.7 Å². The van der Waals surface area contributed by atoms with Crippen LogP contribution in [0.3, 0.4) is 0 Å². The number of nitrogens with one attached hydrogen (secondary N) is 1. The molecular formula is C35H26BrIN2O6. The average molecular weight is 777 g/mol. The van der Waals surface area contributed by atoms with Crippen LogP contribution in [0, 0.1) is 21.3 Å². The molecule has 1 fully saturated rings. The number of phenols is 1. The van der Waals surface area contributed by atoms with Gasteiger partial charge in [-0.05, 0) is 111 Å². The van der Waals surface area contributed by atoms with Gasteiger partial charge in [0.15, 0.2) is 23.1 Å². The summed E-state index contributed by atoms with van der Waals surface area (Å²) in [4.78, 5) is 56.3. The zero-order valence-corrected chi connectivity index (χ0v) is 27.7. The number of rotatable bonds is 5.